The fraction of sp³-hybridized carbons (Fsp3) is 0.622. The first-order valence-electron chi connectivity index (χ1n) is 21.2. The Hall–Kier alpha value is -4.56. The number of halogens is 1. The predicted molar refractivity (Wildman–Crippen MR) is 238 cm³/mol. The van der Waals surface area contributed by atoms with Crippen LogP contribution in [-0.4, -0.2) is 91.6 Å². The minimum absolute atomic E-state index is 0. The summed E-state index contributed by atoms with van der Waals surface area (Å²) >= 11 is 0. The zero-order valence-corrected chi connectivity index (χ0v) is 38.4. The van der Waals surface area contributed by atoms with Crippen LogP contribution in [0.5, 0.6) is 11.5 Å². The number of benzene rings is 2. The molecule has 0 aliphatic carbocycles. The lowest BCUT2D eigenvalue weighted by molar-refractivity contribution is -0.123. The van der Waals surface area contributed by atoms with Crippen molar-refractivity contribution in [1.82, 2.24) is 21.1 Å². The number of nitrogens with zero attached hydrogens (tertiary/aromatic N) is 5. The molecule has 4 atom stereocenters. The largest absolute Gasteiger partial charge is 0.483 e. The second kappa shape index (κ2) is 16.4. The molecule has 0 unspecified atom stereocenters. The van der Waals surface area contributed by atoms with Crippen molar-refractivity contribution in [3.05, 3.63) is 46.5 Å². The molecule has 0 radical (unpaired) electrons. The molecule has 3 N–H and O–H groups in total. The molecular formula is C45H65ClN8O6. The van der Waals surface area contributed by atoms with Crippen LogP contribution in [0.2, 0.25) is 0 Å². The minimum atomic E-state index is -0.505. The van der Waals surface area contributed by atoms with Crippen LogP contribution in [0, 0.1) is 10.8 Å². The highest BCUT2D eigenvalue weighted by molar-refractivity contribution is 6.10. The third-order valence-electron chi connectivity index (χ3n) is 13.3. The minimum Gasteiger partial charge on any atom is -0.483 e. The molecule has 6 aliphatic rings. The molecule has 14 nitrogen and oxygen atoms in total. The van der Waals surface area contributed by atoms with Gasteiger partial charge >= 0.3 is 6.09 Å². The topological polar surface area (TPSA) is 149 Å². The summed E-state index contributed by atoms with van der Waals surface area (Å²) in [5.41, 5.74) is 11.8. The van der Waals surface area contributed by atoms with Gasteiger partial charge in [-0.3, -0.25) is 9.59 Å². The number of amides is 3. The normalized spacial score (nSPS) is 23.0. The molecule has 6 aliphatic heterocycles. The number of carbonyl (C=O) groups is 3. The average molecular weight is 850 g/mol. The van der Waals surface area contributed by atoms with E-state index in [4.69, 9.17) is 14.2 Å². The number of rotatable bonds is 6. The molecule has 2 fully saturated rings. The maximum atomic E-state index is 12.5. The maximum absolute atomic E-state index is 12.5. The molecule has 0 saturated carbocycles. The quantitative estimate of drug-likeness (QED) is 0.275. The number of fused-ring (bicyclic) bond motifs is 6. The van der Waals surface area contributed by atoms with Gasteiger partial charge in [-0.15, -0.1) is 12.4 Å². The molecule has 0 spiro atoms. The van der Waals surface area contributed by atoms with Gasteiger partial charge in [0.25, 0.3) is 11.8 Å². The molecule has 0 bridgehead atoms. The lowest BCUT2D eigenvalue weighted by Gasteiger charge is -2.52. The summed E-state index contributed by atoms with van der Waals surface area (Å²) in [7, 11) is 0. The van der Waals surface area contributed by atoms with Crippen LogP contribution in [0.1, 0.15) is 136 Å². The Bertz CT molecular complexity index is 2090. The number of anilines is 2. The van der Waals surface area contributed by atoms with Crippen LogP contribution in [0.4, 0.5) is 16.2 Å². The lowest BCUT2D eigenvalue weighted by atomic mass is 9.67. The fourth-order valence-electron chi connectivity index (χ4n) is 9.09. The van der Waals surface area contributed by atoms with Crippen LogP contribution in [-0.2, 0) is 14.3 Å². The van der Waals surface area contributed by atoms with E-state index in [1.54, 1.807) is 4.90 Å². The molecule has 3 amide bonds. The number of likely N-dealkylation sites (tertiary alicyclic amines) is 1. The molecule has 6 heterocycles. The summed E-state index contributed by atoms with van der Waals surface area (Å²) in [6.07, 6.45) is -0.260. The Morgan fingerprint density at radius 2 is 1.15 bits per heavy atom. The van der Waals surface area contributed by atoms with Crippen LogP contribution in [0.15, 0.2) is 34.5 Å². The van der Waals surface area contributed by atoms with E-state index in [0.717, 1.165) is 41.8 Å². The van der Waals surface area contributed by atoms with Crippen molar-refractivity contribution < 1.29 is 28.6 Å². The van der Waals surface area contributed by atoms with Crippen molar-refractivity contribution in [3.63, 3.8) is 0 Å². The smallest absolute Gasteiger partial charge is 0.410 e. The van der Waals surface area contributed by atoms with Gasteiger partial charge in [0.2, 0.25) is 0 Å². The highest BCUT2D eigenvalue weighted by atomic mass is 35.5. The fourth-order valence-corrected chi connectivity index (χ4v) is 9.09. The molecule has 2 aromatic carbocycles. The van der Waals surface area contributed by atoms with Gasteiger partial charge < -0.3 is 34.2 Å². The van der Waals surface area contributed by atoms with Crippen molar-refractivity contribution in [1.29, 1.82) is 0 Å². The highest BCUT2D eigenvalue weighted by Crippen LogP contribution is 2.50. The third-order valence-corrected chi connectivity index (χ3v) is 13.3. The molecule has 2 aromatic rings. The molecule has 0 aromatic heterocycles. The maximum Gasteiger partial charge on any atom is 0.410 e. The van der Waals surface area contributed by atoms with Gasteiger partial charge in [0.15, 0.2) is 11.7 Å². The van der Waals surface area contributed by atoms with E-state index in [9.17, 15) is 14.4 Å². The van der Waals surface area contributed by atoms with Gasteiger partial charge in [-0.05, 0) is 110 Å². The second-order valence-electron chi connectivity index (χ2n) is 19.6. The van der Waals surface area contributed by atoms with E-state index in [1.165, 1.54) is 22.3 Å². The van der Waals surface area contributed by atoms with E-state index in [2.05, 4.69) is 106 Å². The number of amidine groups is 2. The lowest BCUT2D eigenvalue weighted by Crippen LogP contribution is -2.60. The first-order chi connectivity index (χ1) is 27.6. The van der Waals surface area contributed by atoms with E-state index >= 15 is 0 Å². The molecule has 60 heavy (non-hydrogen) atoms. The van der Waals surface area contributed by atoms with Crippen molar-refractivity contribution in [2.24, 2.45) is 21.0 Å². The SMILES string of the molecule is CC(C)c1cc2c(cc1[C@@H](C)C1(C)CN(C(=O)OC(C)(C)C)C1)N1C(=NNC(=O)[C@H]1C)CO2.CC(C)c1cc2c(cc1[C@@H](C)C1(C)CNC1)N1C(=NNC(=O)[C@H]1C)CO2.Cl. The van der Waals surface area contributed by atoms with Crippen LogP contribution in [0.3, 0.4) is 0 Å². The number of hydrogen-bond donors (Lipinski definition) is 3. The van der Waals surface area contributed by atoms with E-state index in [-0.39, 0.29) is 59.1 Å². The van der Waals surface area contributed by atoms with Crippen LogP contribution >= 0.6 is 12.4 Å². The number of hydrazone groups is 2. The first kappa shape index (κ1) is 45.0. The van der Waals surface area contributed by atoms with Gasteiger partial charge in [-0.1, -0.05) is 55.4 Å². The Balaban J connectivity index is 0.000000203. The van der Waals surface area contributed by atoms with E-state index in [0.29, 0.717) is 49.9 Å². The molecule has 2 saturated heterocycles. The summed E-state index contributed by atoms with van der Waals surface area (Å²) in [6, 6.07) is 8.05. The van der Waals surface area contributed by atoms with Gasteiger partial charge in [-0.2, -0.15) is 10.2 Å². The first-order valence-corrected chi connectivity index (χ1v) is 21.2. The van der Waals surface area contributed by atoms with Crippen LogP contribution < -0.4 is 35.4 Å². The summed E-state index contributed by atoms with van der Waals surface area (Å²) < 4.78 is 17.6. The second-order valence-corrected chi connectivity index (χ2v) is 19.6. The van der Waals surface area contributed by atoms with Gasteiger partial charge in [-0.25, -0.2) is 15.6 Å². The third kappa shape index (κ3) is 8.13. The predicted octanol–water partition coefficient (Wildman–Crippen LogP) is 7.18. The summed E-state index contributed by atoms with van der Waals surface area (Å²) in [6.45, 7) is 31.4. The number of carbonyl (C=O) groups excluding carboxylic acids is 3. The molecule has 15 heteroatoms. The van der Waals surface area contributed by atoms with Crippen molar-refractivity contribution in [2.45, 2.75) is 131 Å². The Labute approximate surface area is 361 Å². The zero-order chi connectivity index (χ0) is 42.9. The average Bonchev–Trinajstić information content (AvgIpc) is 3.15. The molecule has 328 valence electrons. The van der Waals surface area contributed by atoms with Crippen molar-refractivity contribution >= 4 is 53.4 Å². The standard InChI is InChI=1S/C25H36N4O4.C20H28N4O2.ClH/c1-14(2)17-10-20-19(29-16(4)22(30)27-26-21(29)11-32-20)9-18(17)15(3)25(8)12-28(13-25)23(31)33-24(5,6)7;1-11(2)14-7-17-16(6-15(14)12(3)20(5)9-21-10-20)24-13(4)19(25)23-22-18(24)8-26-17;/h9-10,14-16H,11-13H2,1-8H3,(H,27,30);6-7,11-13,21H,8-10H2,1-5H3,(H,23,25);1H/t15-,16-;12-,13-;/m11./s1. The Kier molecular flexibility index (Phi) is 12.3. The summed E-state index contributed by atoms with van der Waals surface area (Å²) in [5.74, 6) is 4.21. The van der Waals surface area contributed by atoms with Crippen molar-refractivity contribution in [2.75, 3.05) is 49.2 Å². The van der Waals surface area contributed by atoms with Crippen LogP contribution in [0.25, 0.3) is 0 Å². The van der Waals surface area contributed by atoms with Gasteiger partial charge in [0, 0.05) is 31.6 Å². The van der Waals surface area contributed by atoms with Crippen molar-refractivity contribution in [3.8, 4) is 11.5 Å². The number of ether oxygens (including phenoxy) is 3. The Morgan fingerprint density at radius 3 is 1.52 bits per heavy atom. The van der Waals surface area contributed by atoms with Gasteiger partial charge in [0.05, 0.1) is 11.4 Å². The summed E-state index contributed by atoms with van der Waals surface area (Å²) in [4.78, 5) is 42.8. The number of nitrogens with one attached hydrogen (secondary N) is 3. The van der Waals surface area contributed by atoms with E-state index < -0.39 is 5.60 Å². The zero-order valence-electron chi connectivity index (χ0n) is 37.6. The Morgan fingerprint density at radius 1 is 0.733 bits per heavy atom. The molecular weight excluding hydrogens is 784 g/mol. The van der Waals surface area contributed by atoms with E-state index in [1.807, 2.05) is 44.4 Å². The summed E-state index contributed by atoms with van der Waals surface area (Å²) in [5, 5.41) is 11.8. The molecule has 8 rings (SSSR count). The van der Waals surface area contributed by atoms with Gasteiger partial charge in [0.1, 0.15) is 42.4 Å². The highest BCUT2D eigenvalue weighted by Gasteiger charge is 2.48. The number of hydrogen-bond acceptors (Lipinski definition) is 11. The monoisotopic (exact) mass is 848 g/mol.